The van der Waals surface area contributed by atoms with Crippen LogP contribution in [0.2, 0.25) is 0 Å². The van der Waals surface area contributed by atoms with E-state index in [2.05, 4.69) is 5.32 Å². The van der Waals surface area contributed by atoms with Gasteiger partial charge in [0.15, 0.2) is 0 Å². The number of ether oxygens (including phenoxy) is 10. The molecule has 3 rings (SSSR count). The number of benzene rings is 3. The highest BCUT2D eigenvalue weighted by atomic mass is 16.6. The Morgan fingerprint density at radius 3 is 1.66 bits per heavy atom. The predicted molar refractivity (Wildman–Crippen MR) is 176 cm³/mol. The zero-order chi connectivity index (χ0) is 33.4. The fraction of sp³-hybridized carbons (Fsp3) is 0.457. The van der Waals surface area contributed by atoms with Gasteiger partial charge in [-0.05, 0) is 29.8 Å². The van der Waals surface area contributed by atoms with E-state index in [9.17, 15) is 4.79 Å². The number of carbonyl (C=O) groups is 1. The van der Waals surface area contributed by atoms with E-state index in [4.69, 9.17) is 47.4 Å². The predicted octanol–water partition coefficient (Wildman–Crippen LogP) is 4.64. The molecule has 258 valence electrons. The van der Waals surface area contributed by atoms with Crippen molar-refractivity contribution in [3.63, 3.8) is 0 Å². The van der Waals surface area contributed by atoms with Crippen LogP contribution in [0.3, 0.4) is 0 Å². The Morgan fingerprint density at radius 2 is 1.11 bits per heavy atom. The SMILES string of the molecule is COCCOCCOCCOc1cc(C(=O)Oc2ccccc2)c(OCCOCCOCCOC)cc1NCc1ccc(OC)cc1. The van der Waals surface area contributed by atoms with Crippen molar-refractivity contribution in [2.24, 2.45) is 0 Å². The number of para-hydroxylation sites is 1. The number of carbonyl (C=O) groups excluding carboxylic acids is 1. The van der Waals surface area contributed by atoms with Crippen molar-refractivity contribution < 1.29 is 52.2 Å². The Hall–Kier alpha value is -3.91. The number of hydrogen-bond acceptors (Lipinski definition) is 12. The molecule has 47 heavy (non-hydrogen) atoms. The fourth-order valence-electron chi connectivity index (χ4n) is 4.04. The lowest BCUT2D eigenvalue weighted by Gasteiger charge is -2.18. The van der Waals surface area contributed by atoms with E-state index in [-0.39, 0.29) is 18.8 Å². The first-order chi connectivity index (χ1) is 23.1. The smallest absolute Gasteiger partial charge is 0.347 e. The van der Waals surface area contributed by atoms with Crippen LogP contribution in [0.15, 0.2) is 66.7 Å². The lowest BCUT2D eigenvalue weighted by atomic mass is 10.1. The molecule has 0 heterocycles. The third-order valence-corrected chi connectivity index (χ3v) is 6.48. The number of nitrogens with one attached hydrogen (secondary N) is 1. The van der Waals surface area contributed by atoms with E-state index in [1.807, 2.05) is 30.3 Å². The van der Waals surface area contributed by atoms with Gasteiger partial charge in [0.2, 0.25) is 0 Å². The molecule has 0 spiro atoms. The Morgan fingerprint density at radius 1 is 0.574 bits per heavy atom. The average molecular weight is 658 g/mol. The average Bonchev–Trinajstić information content (AvgIpc) is 3.10. The third-order valence-electron chi connectivity index (χ3n) is 6.48. The van der Waals surface area contributed by atoms with Crippen LogP contribution in [0, 0.1) is 0 Å². The molecule has 0 bridgehead atoms. The molecule has 0 atom stereocenters. The number of anilines is 1. The van der Waals surface area contributed by atoms with E-state index >= 15 is 0 Å². The van der Waals surface area contributed by atoms with Crippen LogP contribution in [-0.4, -0.2) is 107 Å². The zero-order valence-corrected chi connectivity index (χ0v) is 27.5. The highest BCUT2D eigenvalue weighted by molar-refractivity contribution is 5.95. The molecule has 0 aliphatic heterocycles. The monoisotopic (exact) mass is 657 g/mol. The highest BCUT2D eigenvalue weighted by Gasteiger charge is 2.20. The second-order valence-corrected chi connectivity index (χ2v) is 9.88. The van der Waals surface area contributed by atoms with Crippen LogP contribution in [0.1, 0.15) is 15.9 Å². The standard InChI is InChI=1S/C35H47NO11/c1-38-13-15-41-17-19-43-21-23-45-33-26-32(36-27-28-9-11-29(40-3)12-10-28)34(46-24-22-44-20-18-42-16-14-39-2)25-31(33)35(37)47-30-7-5-4-6-8-30/h4-12,25-26,36H,13-24,27H2,1-3H3. The first kappa shape index (κ1) is 37.5. The summed E-state index contributed by atoms with van der Waals surface area (Å²) in [5.74, 6) is 1.35. The number of methoxy groups -OCH3 is 3. The van der Waals surface area contributed by atoms with Gasteiger partial charge < -0.3 is 52.7 Å². The number of esters is 1. The molecule has 3 aromatic rings. The van der Waals surface area contributed by atoms with Gasteiger partial charge in [-0.2, -0.15) is 0 Å². The van der Waals surface area contributed by atoms with E-state index in [0.29, 0.717) is 95.5 Å². The summed E-state index contributed by atoms with van der Waals surface area (Å²) in [5, 5.41) is 3.41. The minimum absolute atomic E-state index is 0.197. The maximum Gasteiger partial charge on any atom is 0.347 e. The summed E-state index contributed by atoms with van der Waals surface area (Å²) in [6.07, 6.45) is 0. The molecule has 12 heteroatoms. The summed E-state index contributed by atoms with van der Waals surface area (Å²) in [5.41, 5.74) is 1.85. The van der Waals surface area contributed by atoms with Gasteiger partial charge in [0, 0.05) is 32.9 Å². The zero-order valence-electron chi connectivity index (χ0n) is 27.5. The van der Waals surface area contributed by atoms with Crippen molar-refractivity contribution >= 4 is 11.7 Å². The maximum absolute atomic E-state index is 13.4. The molecule has 0 aliphatic rings. The molecule has 1 N–H and O–H groups in total. The molecule has 0 radical (unpaired) electrons. The van der Waals surface area contributed by atoms with E-state index in [0.717, 1.165) is 11.3 Å². The summed E-state index contributed by atoms with van der Waals surface area (Å²) >= 11 is 0. The van der Waals surface area contributed by atoms with Crippen LogP contribution in [0.4, 0.5) is 5.69 Å². The van der Waals surface area contributed by atoms with Gasteiger partial charge in [-0.1, -0.05) is 30.3 Å². The minimum Gasteiger partial charge on any atom is -0.497 e. The van der Waals surface area contributed by atoms with E-state index < -0.39 is 5.97 Å². The van der Waals surface area contributed by atoms with Gasteiger partial charge in [-0.25, -0.2) is 4.79 Å². The summed E-state index contributed by atoms with van der Waals surface area (Å²) in [7, 11) is 4.88. The molecule has 0 aliphatic carbocycles. The molecule has 3 aromatic carbocycles. The van der Waals surface area contributed by atoms with Crippen LogP contribution >= 0.6 is 0 Å². The van der Waals surface area contributed by atoms with Gasteiger partial charge in [0.05, 0.1) is 78.9 Å². The second kappa shape index (κ2) is 23.4. The van der Waals surface area contributed by atoms with Crippen molar-refractivity contribution in [1.29, 1.82) is 0 Å². The fourth-order valence-corrected chi connectivity index (χ4v) is 4.04. The van der Waals surface area contributed by atoms with Crippen molar-refractivity contribution in [2.45, 2.75) is 6.54 Å². The molecule has 0 amide bonds. The van der Waals surface area contributed by atoms with Crippen LogP contribution in [0.25, 0.3) is 0 Å². The lowest BCUT2D eigenvalue weighted by molar-refractivity contribution is 0.0176. The molecule has 12 nitrogen and oxygen atoms in total. The van der Waals surface area contributed by atoms with Gasteiger partial charge in [-0.15, -0.1) is 0 Å². The summed E-state index contributed by atoms with van der Waals surface area (Å²) in [6, 6.07) is 19.9. The Bertz CT molecular complexity index is 1260. The van der Waals surface area contributed by atoms with Crippen molar-refractivity contribution in [2.75, 3.05) is 106 Å². The van der Waals surface area contributed by atoms with Gasteiger partial charge in [0.1, 0.15) is 41.8 Å². The molecule has 0 aromatic heterocycles. The molecule has 0 saturated carbocycles. The van der Waals surface area contributed by atoms with Crippen molar-refractivity contribution in [3.05, 3.63) is 77.9 Å². The van der Waals surface area contributed by atoms with Crippen molar-refractivity contribution in [1.82, 2.24) is 0 Å². The summed E-state index contributed by atoms with van der Waals surface area (Å²) in [6.45, 7) is 5.29. The van der Waals surface area contributed by atoms with Crippen LogP contribution < -0.4 is 24.3 Å². The van der Waals surface area contributed by atoms with Gasteiger partial charge >= 0.3 is 5.97 Å². The molecule has 0 fully saturated rings. The number of hydrogen-bond donors (Lipinski definition) is 1. The lowest BCUT2D eigenvalue weighted by Crippen LogP contribution is -2.16. The molecular weight excluding hydrogens is 610 g/mol. The first-order valence-electron chi connectivity index (χ1n) is 15.5. The number of rotatable bonds is 26. The van der Waals surface area contributed by atoms with Crippen LogP contribution in [-0.2, 0) is 35.0 Å². The van der Waals surface area contributed by atoms with E-state index in [1.165, 1.54) is 0 Å². The Balaban J connectivity index is 1.73. The summed E-state index contributed by atoms with van der Waals surface area (Å²) < 4.78 is 55.2. The first-order valence-corrected chi connectivity index (χ1v) is 15.5. The third kappa shape index (κ3) is 15.0. The minimum atomic E-state index is -0.588. The van der Waals surface area contributed by atoms with E-state index in [1.54, 1.807) is 57.7 Å². The molecular formula is C35H47NO11. The maximum atomic E-state index is 13.4. The second-order valence-electron chi connectivity index (χ2n) is 9.88. The topological polar surface area (TPSA) is 121 Å². The molecule has 0 unspecified atom stereocenters. The summed E-state index contributed by atoms with van der Waals surface area (Å²) in [4.78, 5) is 13.4. The van der Waals surface area contributed by atoms with Gasteiger partial charge in [-0.3, -0.25) is 0 Å². The molecule has 0 saturated heterocycles. The largest absolute Gasteiger partial charge is 0.497 e. The van der Waals surface area contributed by atoms with Crippen molar-refractivity contribution in [3.8, 4) is 23.0 Å². The van der Waals surface area contributed by atoms with Crippen LogP contribution in [0.5, 0.6) is 23.0 Å². The Kier molecular flexibility index (Phi) is 18.7. The van der Waals surface area contributed by atoms with Gasteiger partial charge in [0.25, 0.3) is 0 Å². The normalized spacial score (nSPS) is 10.9. The highest BCUT2D eigenvalue weighted by Crippen LogP contribution is 2.35. The Labute approximate surface area is 277 Å². The quantitative estimate of drug-likeness (QED) is 0.0735.